The van der Waals surface area contributed by atoms with Crippen LogP contribution in [-0.2, 0) is 0 Å². The Hall–Kier alpha value is -2.27. The molecule has 0 aliphatic carbocycles. The summed E-state index contributed by atoms with van der Waals surface area (Å²) in [6, 6.07) is 13.2. The van der Waals surface area contributed by atoms with Crippen molar-refractivity contribution in [1.29, 1.82) is 0 Å². The molecule has 0 saturated heterocycles. The van der Waals surface area contributed by atoms with Gasteiger partial charge in [0.05, 0.1) is 10.9 Å². The molecule has 0 radical (unpaired) electrons. The van der Waals surface area contributed by atoms with Crippen molar-refractivity contribution in [2.24, 2.45) is 0 Å². The highest BCUT2D eigenvalue weighted by Crippen LogP contribution is 2.25. The topological polar surface area (TPSA) is 71.8 Å². The maximum atomic E-state index is 12.0. The molecule has 2 aromatic carbocycles. The zero-order valence-corrected chi connectivity index (χ0v) is 11.7. The van der Waals surface area contributed by atoms with Crippen molar-refractivity contribution in [1.82, 2.24) is 9.97 Å². The zero-order valence-electron chi connectivity index (χ0n) is 10.9. The molecule has 5 heteroatoms. The third-order valence-electron chi connectivity index (χ3n) is 2.94. The van der Waals surface area contributed by atoms with Crippen LogP contribution < -0.4 is 11.3 Å². The van der Waals surface area contributed by atoms with Crippen molar-refractivity contribution in [3.05, 3.63) is 58.4 Å². The highest BCUT2D eigenvalue weighted by molar-refractivity contribution is 7.99. The van der Waals surface area contributed by atoms with Crippen molar-refractivity contribution >= 4 is 28.4 Å². The van der Waals surface area contributed by atoms with E-state index in [0.717, 1.165) is 4.90 Å². The van der Waals surface area contributed by atoms with E-state index in [0.29, 0.717) is 21.7 Å². The minimum absolute atomic E-state index is 0.170. The molecule has 1 aromatic heterocycles. The van der Waals surface area contributed by atoms with Crippen LogP contribution in [0.25, 0.3) is 10.9 Å². The number of nitrogens with one attached hydrogen (secondary N) is 1. The van der Waals surface area contributed by atoms with Crippen LogP contribution >= 0.6 is 11.8 Å². The third kappa shape index (κ3) is 2.53. The van der Waals surface area contributed by atoms with E-state index in [1.54, 1.807) is 18.2 Å². The van der Waals surface area contributed by atoms with Gasteiger partial charge in [0.15, 0.2) is 5.16 Å². The van der Waals surface area contributed by atoms with E-state index >= 15 is 0 Å². The summed E-state index contributed by atoms with van der Waals surface area (Å²) in [5.41, 5.74) is 7.92. The molecule has 4 nitrogen and oxygen atoms in total. The molecular formula is C15H13N3OS. The van der Waals surface area contributed by atoms with Crippen LogP contribution in [0.5, 0.6) is 0 Å². The van der Waals surface area contributed by atoms with Crippen molar-refractivity contribution in [2.75, 3.05) is 5.73 Å². The van der Waals surface area contributed by atoms with E-state index in [1.165, 1.54) is 17.3 Å². The molecule has 1 heterocycles. The predicted octanol–water partition coefficient (Wildman–Crippen LogP) is 2.96. The van der Waals surface area contributed by atoms with Gasteiger partial charge in [-0.1, -0.05) is 29.5 Å². The van der Waals surface area contributed by atoms with Crippen molar-refractivity contribution < 1.29 is 0 Å². The number of H-pyrrole nitrogens is 1. The highest BCUT2D eigenvalue weighted by Gasteiger charge is 2.05. The Morgan fingerprint density at radius 1 is 1.15 bits per heavy atom. The van der Waals surface area contributed by atoms with Crippen LogP contribution in [0.15, 0.2) is 57.3 Å². The van der Waals surface area contributed by atoms with Crippen LogP contribution in [0.2, 0.25) is 0 Å². The molecule has 0 bridgehead atoms. The van der Waals surface area contributed by atoms with Gasteiger partial charge in [-0.3, -0.25) is 4.79 Å². The number of nitrogens with two attached hydrogens (primary N) is 1. The number of aryl methyl sites for hydroxylation is 1. The Balaban J connectivity index is 2.02. The maximum absolute atomic E-state index is 12.0. The molecule has 0 amide bonds. The fourth-order valence-electron chi connectivity index (χ4n) is 1.90. The minimum Gasteiger partial charge on any atom is -0.399 e. The van der Waals surface area contributed by atoms with Crippen LogP contribution in [0.3, 0.4) is 0 Å². The Morgan fingerprint density at radius 3 is 2.65 bits per heavy atom. The Kier molecular flexibility index (Phi) is 3.20. The van der Waals surface area contributed by atoms with Gasteiger partial charge in [-0.25, -0.2) is 4.98 Å². The zero-order chi connectivity index (χ0) is 14.1. The van der Waals surface area contributed by atoms with Crippen LogP contribution in [-0.4, -0.2) is 9.97 Å². The second-order valence-electron chi connectivity index (χ2n) is 4.56. The SMILES string of the molecule is Cc1ccc(Sc2nc3ccc(N)cc3c(=O)[nH]2)cc1. The van der Waals surface area contributed by atoms with Crippen LogP contribution in [0.4, 0.5) is 5.69 Å². The lowest BCUT2D eigenvalue weighted by Crippen LogP contribution is -2.09. The van der Waals surface area contributed by atoms with Gasteiger partial charge < -0.3 is 10.7 Å². The van der Waals surface area contributed by atoms with E-state index < -0.39 is 0 Å². The summed E-state index contributed by atoms with van der Waals surface area (Å²) >= 11 is 1.43. The van der Waals surface area contributed by atoms with Gasteiger partial charge >= 0.3 is 0 Å². The van der Waals surface area contributed by atoms with E-state index in [2.05, 4.69) is 9.97 Å². The molecule has 0 unspecified atom stereocenters. The van der Waals surface area contributed by atoms with Crippen LogP contribution in [0, 0.1) is 6.92 Å². The van der Waals surface area contributed by atoms with Crippen molar-refractivity contribution in [3.63, 3.8) is 0 Å². The fraction of sp³-hybridized carbons (Fsp3) is 0.0667. The molecule has 3 N–H and O–H groups in total. The molecule has 0 aliphatic rings. The normalized spacial score (nSPS) is 10.8. The summed E-state index contributed by atoms with van der Waals surface area (Å²) in [5.74, 6) is 0. The molecule has 0 saturated carbocycles. The van der Waals surface area contributed by atoms with Crippen LogP contribution in [0.1, 0.15) is 5.56 Å². The summed E-state index contributed by atoms with van der Waals surface area (Å²) in [5, 5.41) is 1.09. The second-order valence-corrected chi connectivity index (χ2v) is 5.63. The van der Waals surface area contributed by atoms with Gasteiger partial charge in [-0.05, 0) is 37.3 Å². The number of anilines is 1. The minimum atomic E-state index is -0.170. The van der Waals surface area contributed by atoms with E-state index in [1.807, 2.05) is 31.2 Å². The standard InChI is InChI=1S/C15H13N3OS/c1-9-2-5-11(6-3-9)20-15-17-13-7-4-10(16)8-12(13)14(19)18-15/h2-8H,16H2,1H3,(H,17,18,19). The average molecular weight is 283 g/mol. The number of nitrogen functional groups attached to an aromatic ring is 1. The summed E-state index contributed by atoms with van der Waals surface area (Å²) in [6.07, 6.45) is 0. The first-order valence-electron chi connectivity index (χ1n) is 6.16. The lowest BCUT2D eigenvalue weighted by Gasteiger charge is -2.04. The van der Waals surface area contributed by atoms with Gasteiger partial charge in [0, 0.05) is 10.6 Å². The summed E-state index contributed by atoms with van der Waals surface area (Å²) in [4.78, 5) is 20.3. The van der Waals surface area contributed by atoms with E-state index in [-0.39, 0.29) is 5.56 Å². The molecule has 0 atom stereocenters. The molecule has 0 fully saturated rings. The molecule has 0 spiro atoms. The number of rotatable bonds is 2. The van der Waals surface area contributed by atoms with E-state index in [9.17, 15) is 4.79 Å². The number of aromatic nitrogens is 2. The van der Waals surface area contributed by atoms with Crippen molar-refractivity contribution in [3.8, 4) is 0 Å². The fourth-order valence-corrected chi connectivity index (χ4v) is 2.68. The first-order chi connectivity index (χ1) is 9.61. The molecular weight excluding hydrogens is 270 g/mol. The van der Waals surface area contributed by atoms with Gasteiger partial charge in [0.1, 0.15) is 0 Å². The molecule has 3 rings (SSSR count). The van der Waals surface area contributed by atoms with Crippen molar-refractivity contribution in [2.45, 2.75) is 17.0 Å². The highest BCUT2D eigenvalue weighted by atomic mass is 32.2. The molecule has 20 heavy (non-hydrogen) atoms. The molecule has 100 valence electrons. The third-order valence-corrected chi connectivity index (χ3v) is 3.84. The van der Waals surface area contributed by atoms with E-state index in [4.69, 9.17) is 5.73 Å². The quantitative estimate of drug-likeness (QED) is 0.560. The number of hydrogen-bond acceptors (Lipinski definition) is 4. The maximum Gasteiger partial charge on any atom is 0.259 e. The Bertz CT molecular complexity index is 825. The first-order valence-corrected chi connectivity index (χ1v) is 6.97. The average Bonchev–Trinajstić information content (AvgIpc) is 2.42. The van der Waals surface area contributed by atoms with Gasteiger partial charge in [0.2, 0.25) is 0 Å². The first kappa shape index (κ1) is 12.7. The smallest absolute Gasteiger partial charge is 0.259 e. The number of benzene rings is 2. The predicted molar refractivity (Wildman–Crippen MR) is 82.1 cm³/mol. The lowest BCUT2D eigenvalue weighted by molar-refractivity contribution is 0.974. The summed E-state index contributed by atoms with van der Waals surface area (Å²) in [7, 11) is 0. The number of aromatic amines is 1. The van der Waals surface area contributed by atoms with Gasteiger partial charge in [-0.15, -0.1) is 0 Å². The summed E-state index contributed by atoms with van der Waals surface area (Å²) in [6.45, 7) is 2.04. The Morgan fingerprint density at radius 2 is 1.90 bits per heavy atom. The number of hydrogen-bond donors (Lipinski definition) is 2. The number of nitrogens with zero attached hydrogens (tertiary/aromatic N) is 1. The largest absolute Gasteiger partial charge is 0.399 e. The molecule has 0 aliphatic heterocycles. The lowest BCUT2D eigenvalue weighted by atomic mass is 10.2. The summed E-state index contributed by atoms with van der Waals surface area (Å²) < 4.78 is 0. The number of fused-ring (bicyclic) bond motifs is 1. The Labute approximate surface area is 120 Å². The second kappa shape index (κ2) is 5.02. The van der Waals surface area contributed by atoms with Gasteiger partial charge in [-0.2, -0.15) is 0 Å². The molecule has 3 aromatic rings. The van der Waals surface area contributed by atoms with Gasteiger partial charge in [0.25, 0.3) is 5.56 Å². The monoisotopic (exact) mass is 283 g/mol.